The number of nitrogens with one attached hydrogen (secondary N) is 1. The number of benzene rings is 2. The summed E-state index contributed by atoms with van der Waals surface area (Å²) in [5, 5.41) is 5.07. The number of nitrogens with zero attached hydrogens (tertiary/aromatic N) is 2. The molecule has 0 aliphatic carbocycles. The van der Waals surface area contributed by atoms with E-state index in [0.717, 1.165) is 16.2 Å². The SMILES string of the molecule is O=C(Nc1nc(-c2cccc(F)c2)cs1)c1ccc(SCc2cccnc2)cc1. The third-order valence-corrected chi connectivity index (χ3v) is 5.93. The van der Waals surface area contributed by atoms with Crippen molar-refractivity contribution in [2.45, 2.75) is 10.6 Å². The van der Waals surface area contributed by atoms with E-state index in [9.17, 15) is 9.18 Å². The molecule has 0 unspecified atom stereocenters. The fourth-order valence-corrected chi connectivity index (χ4v) is 4.18. The summed E-state index contributed by atoms with van der Waals surface area (Å²) in [6.07, 6.45) is 3.60. The van der Waals surface area contributed by atoms with Crippen molar-refractivity contribution in [3.8, 4) is 11.3 Å². The first-order chi connectivity index (χ1) is 14.2. The van der Waals surface area contributed by atoms with Gasteiger partial charge in [-0.05, 0) is 48.0 Å². The minimum Gasteiger partial charge on any atom is -0.298 e. The summed E-state index contributed by atoms with van der Waals surface area (Å²) >= 11 is 2.99. The van der Waals surface area contributed by atoms with Crippen molar-refractivity contribution in [3.63, 3.8) is 0 Å². The van der Waals surface area contributed by atoms with Crippen LogP contribution in [-0.4, -0.2) is 15.9 Å². The molecule has 0 aliphatic heterocycles. The molecule has 0 fully saturated rings. The van der Waals surface area contributed by atoms with Crippen molar-refractivity contribution in [2.24, 2.45) is 0 Å². The van der Waals surface area contributed by atoms with E-state index in [-0.39, 0.29) is 11.7 Å². The van der Waals surface area contributed by atoms with Crippen molar-refractivity contribution >= 4 is 34.1 Å². The zero-order valence-electron chi connectivity index (χ0n) is 15.2. The average molecular weight is 422 g/mol. The van der Waals surface area contributed by atoms with E-state index in [2.05, 4.69) is 15.3 Å². The molecule has 1 amide bonds. The van der Waals surface area contributed by atoms with Crippen molar-refractivity contribution < 1.29 is 9.18 Å². The van der Waals surface area contributed by atoms with Gasteiger partial charge in [-0.15, -0.1) is 23.1 Å². The molecular weight excluding hydrogens is 405 g/mol. The maximum atomic E-state index is 13.4. The molecule has 4 nitrogen and oxygen atoms in total. The highest BCUT2D eigenvalue weighted by Gasteiger charge is 2.10. The summed E-state index contributed by atoms with van der Waals surface area (Å²) in [5.74, 6) is 0.276. The van der Waals surface area contributed by atoms with Gasteiger partial charge in [0.1, 0.15) is 5.82 Å². The monoisotopic (exact) mass is 421 g/mol. The largest absolute Gasteiger partial charge is 0.298 e. The summed E-state index contributed by atoms with van der Waals surface area (Å²) in [6, 6.07) is 17.6. The fourth-order valence-electron chi connectivity index (χ4n) is 2.63. The number of anilines is 1. The number of rotatable bonds is 6. The van der Waals surface area contributed by atoms with Gasteiger partial charge >= 0.3 is 0 Å². The van der Waals surface area contributed by atoms with Crippen LogP contribution in [0.3, 0.4) is 0 Å². The van der Waals surface area contributed by atoms with Gasteiger partial charge in [-0.3, -0.25) is 15.1 Å². The number of hydrogen-bond donors (Lipinski definition) is 1. The van der Waals surface area contributed by atoms with Gasteiger partial charge in [-0.25, -0.2) is 9.37 Å². The Bertz CT molecular complexity index is 1110. The molecule has 1 N–H and O–H groups in total. The molecule has 4 aromatic rings. The number of thiazole rings is 1. The summed E-state index contributed by atoms with van der Waals surface area (Å²) in [6.45, 7) is 0. The van der Waals surface area contributed by atoms with Gasteiger partial charge in [-0.2, -0.15) is 0 Å². The van der Waals surface area contributed by atoms with Gasteiger partial charge in [0.05, 0.1) is 5.69 Å². The Labute approximate surface area is 175 Å². The molecule has 29 heavy (non-hydrogen) atoms. The highest BCUT2D eigenvalue weighted by atomic mass is 32.2. The first-order valence-corrected chi connectivity index (χ1v) is 10.7. The molecule has 0 aliphatic rings. The van der Waals surface area contributed by atoms with Crippen molar-refractivity contribution in [1.29, 1.82) is 0 Å². The Morgan fingerprint density at radius 3 is 2.72 bits per heavy atom. The zero-order valence-corrected chi connectivity index (χ0v) is 16.8. The van der Waals surface area contributed by atoms with Gasteiger partial charge in [0.15, 0.2) is 5.13 Å². The lowest BCUT2D eigenvalue weighted by Crippen LogP contribution is -2.11. The lowest BCUT2D eigenvalue weighted by Gasteiger charge is -2.04. The van der Waals surface area contributed by atoms with E-state index in [4.69, 9.17) is 0 Å². The Balaban J connectivity index is 1.37. The summed E-state index contributed by atoms with van der Waals surface area (Å²) in [4.78, 5) is 22.0. The van der Waals surface area contributed by atoms with Crippen LogP contribution >= 0.6 is 23.1 Å². The van der Waals surface area contributed by atoms with Gasteiger partial charge < -0.3 is 0 Å². The average Bonchev–Trinajstić information content (AvgIpc) is 3.22. The van der Waals surface area contributed by atoms with Crippen molar-refractivity contribution in [2.75, 3.05) is 5.32 Å². The molecule has 0 saturated carbocycles. The number of pyridine rings is 1. The molecule has 2 aromatic carbocycles. The number of carbonyl (C=O) groups excluding carboxylic acids is 1. The molecule has 0 radical (unpaired) electrons. The van der Waals surface area contributed by atoms with Crippen LogP contribution in [0.25, 0.3) is 11.3 Å². The fraction of sp³-hybridized carbons (Fsp3) is 0.0455. The smallest absolute Gasteiger partial charge is 0.257 e. The molecule has 0 saturated heterocycles. The molecule has 0 bridgehead atoms. The number of amides is 1. The maximum Gasteiger partial charge on any atom is 0.257 e. The maximum absolute atomic E-state index is 13.4. The predicted molar refractivity (Wildman–Crippen MR) is 116 cm³/mol. The minimum atomic E-state index is -0.317. The van der Waals surface area contributed by atoms with Gasteiger partial charge in [0.2, 0.25) is 0 Å². The van der Waals surface area contributed by atoms with E-state index in [1.807, 2.05) is 30.5 Å². The third kappa shape index (κ3) is 5.07. The number of carbonyl (C=O) groups is 1. The standard InChI is InChI=1S/C22H16FN3OS2/c23-18-5-1-4-17(11-18)20-14-29-22(25-20)26-21(27)16-6-8-19(9-7-16)28-13-15-3-2-10-24-12-15/h1-12,14H,13H2,(H,25,26,27). The lowest BCUT2D eigenvalue weighted by atomic mass is 10.2. The highest BCUT2D eigenvalue weighted by Crippen LogP contribution is 2.26. The van der Waals surface area contributed by atoms with Gasteiger partial charge in [-0.1, -0.05) is 18.2 Å². The minimum absolute atomic E-state index is 0.228. The molecule has 144 valence electrons. The second-order valence-corrected chi connectivity index (χ2v) is 8.08. The van der Waals surface area contributed by atoms with Crippen LogP contribution in [0.1, 0.15) is 15.9 Å². The second kappa shape index (κ2) is 8.98. The number of aromatic nitrogens is 2. The summed E-state index contributed by atoms with van der Waals surface area (Å²) in [7, 11) is 0. The Morgan fingerprint density at radius 1 is 1.10 bits per heavy atom. The van der Waals surface area contributed by atoms with Crippen LogP contribution in [0.2, 0.25) is 0 Å². The molecule has 7 heteroatoms. The quantitative estimate of drug-likeness (QED) is 0.395. The lowest BCUT2D eigenvalue weighted by molar-refractivity contribution is 0.102. The summed E-state index contributed by atoms with van der Waals surface area (Å²) < 4.78 is 13.4. The van der Waals surface area contributed by atoms with E-state index >= 15 is 0 Å². The Kier molecular flexibility index (Phi) is 5.97. The van der Waals surface area contributed by atoms with Crippen LogP contribution in [0, 0.1) is 5.82 Å². The van der Waals surface area contributed by atoms with Crippen LogP contribution in [-0.2, 0) is 5.75 Å². The highest BCUT2D eigenvalue weighted by molar-refractivity contribution is 7.98. The molecule has 0 spiro atoms. The number of thioether (sulfide) groups is 1. The third-order valence-electron chi connectivity index (χ3n) is 4.09. The zero-order chi connectivity index (χ0) is 20.1. The van der Waals surface area contributed by atoms with E-state index in [1.165, 1.54) is 23.5 Å². The first kappa shape index (κ1) is 19.3. The number of hydrogen-bond acceptors (Lipinski definition) is 5. The van der Waals surface area contributed by atoms with Crippen molar-refractivity contribution in [3.05, 3.63) is 95.4 Å². The predicted octanol–water partition coefficient (Wildman–Crippen LogP) is 5.89. The molecule has 4 rings (SSSR count). The van der Waals surface area contributed by atoms with Crippen LogP contribution in [0.5, 0.6) is 0 Å². The van der Waals surface area contributed by atoms with Crippen LogP contribution < -0.4 is 5.32 Å². The molecule has 0 atom stereocenters. The van der Waals surface area contributed by atoms with E-state index in [0.29, 0.717) is 22.0 Å². The topological polar surface area (TPSA) is 54.9 Å². The second-order valence-electron chi connectivity index (χ2n) is 6.18. The van der Waals surface area contributed by atoms with Gasteiger partial charge in [0.25, 0.3) is 5.91 Å². The summed E-state index contributed by atoms with van der Waals surface area (Å²) in [5.41, 5.74) is 3.01. The van der Waals surface area contributed by atoms with Crippen molar-refractivity contribution in [1.82, 2.24) is 9.97 Å². The number of halogens is 1. The Morgan fingerprint density at radius 2 is 1.97 bits per heavy atom. The molecule has 2 heterocycles. The van der Waals surface area contributed by atoms with Gasteiger partial charge in [0, 0.05) is 39.5 Å². The van der Waals surface area contributed by atoms with Crippen LogP contribution in [0.4, 0.5) is 9.52 Å². The molecular formula is C22H16FN3OS2. The normalized spacial score (nSPS) is 10.7. The van der Waals surface area contributed by atoms with E-state index < -0.39 is 0 Å². The molecule has 2 aromatic heterocycles. The van der Waals surface area contributed by atoms with E-state index in [1.54, 1.807) is 47.6 Å². The first-order valence-electron chi connectivity index (χ1n) is 8.82. The Hall–Kier alpha value is -3.03. The van der Waals surface area contributed by atoms with Crippen LogP contribution in [0.15, 0.2) is 83.3 Å².